The van der Waals surface area contributed by atoms with Crippen molar-refractivity contribution in [1.82, 2.24) is 0 Å². The van der Waals surface area contributed by atoms with Crippen LogP contribution in [-0.2, 0) is 0 Å². The SMILES string of the molecule is Fc1ccc(N(c2ccccc2)c2ccc3cc4oc5cc6ccc(N(c7ccccc7)c7ccc(F)cc7)cc6cc5c4cc3c2)cc1. The van der Waals surface area contributed by atoms with Gasteiger partial charge in [-0.15, -0.1) is 0 Å². The molecule has 0 spiro atoms. The van der Waals surface area contributed by atoms with Crippen molar-refractivity contribution in [2.75, 3.05) is 9.80 Å². The molecule has 0 fully saturated rings. The predicted molar refractivity (Wildman–Crippen MR) is 198 cm³/mol. The number of furan rings is 1. The summed E-state index contributed by atoms with van der Waals surface area (Å²) in [5.41, 5.74) is 7.28. The van der Waals surface area contributed by atoms with Crippen molar-refractivity contribution in [2.24, 2.45) is 0 Å². The monoisotopic (exact) mass is 638 g/mol. The van der Waals surface area contributed by atoms with E-state index in [1.807, 2.05) is 36.4 Å². The third kappa shape index (κ3) is 5.22. The normalized spacial score (nSPS) is 11.5. The molecule has 5 heteroatoms. The van der Waals surface area contributed by atoms with Gasteiger partial charge in [-0.3, -0.25) is 0 Å². The fraction of sp³-hybridized carbons (Fsp3) is 0. The lowest BCUT2D eigenvalue weighted by Crippen LogP contribution is -2.09. The molecule has 0 radical (unpaired) electrons. The Bertz CT molecular complexity index is 2430. The molecule has 3 nitrogen and oxygen atoms in total. The van der Waals surface area contributed by atoms with Gasteiger partial charge in [0.2, 0.25) is 0 Å². The number of rotatable bonds is 6. The van der Waals surface area contributed by atoms with Crippen molar-refractivity contribution in [2.45, 2.75) is 0 Å². The number of hydrogen-bond donors (Lipinski definition) is 0. The summed E-state index contributed by atoms with van der Waals surface area (Å²) in [4.78, 5) is 4.26. The number of hydrogen-bond acceptors (Lipinski definition) is 3. The minimum absolute atomic E-state index is 0.271. The van der Waals surface area contributed by atoms with Crippen LogP contribution >= 0.6 is 0 Å². The minimum atomic E-state index is -0.271. The van der Waals surface area contributed by atoms with E-state index >= 15 is 0 Å². The van der Waals surface area contributed by atoms with Crippen molar-refractivity contribution >= 4 is 77.6 Å². The zero-order chi connectivity index (χ0) is 32.9. The van der Waals surface area contributed by atoms with Crippen LogP contribution in [0.4, 0.5) is 42.9 Å². The highest BCUT2D eigenvalue weighted by Crippen LogP contribution is 2.41. The van der Waals surface area contributed by atoms with Gasteiger partial charge < -0.3 is 14.2 Å². The van der Waals surface area contributed by atoms with Crippen LogP contribution in [-0.4, -0.2) is 0 Å². The van der Waals surface area contributed by atoms with Crippen LogP contribution in [0.2, 0.25) is 0 Å². The first-order chi connectivity index (χ1) is 24.1. The molecular formula is C44H28F2N2O. The largest absolute Gasteiger partial charge is 0.456 e. The maximum absolute atomic E-state index is 13.9. The molecule has 0 N–H and O–H groups in total. The lowest BCUT2D eigenvalue weighted by Gasteiger charge is -2.25. The number of benzene rings is 8. The molecule has 9 rings (SSSR count). The van der Waals surface area contributed by atoms with E-state index in [4.69, 9.17) is 4.42 Å². The Balaban J connectivity index is 1.18. The molecule has 0 aliphatic rings. The van der Waals surface area contributed by atoms with E-state index in [-0.39, 0.29) is 11.6 Å². The Labute approximate surface area is 281 Å². The topological polar surface area (TPSA) is 19.6 Å². The van der Waals surface area contributed by atoms with E-state index < -0.39 is 0 Å². The summed E-state index contributed by atoms with van der Waals surface area (Å²) in [7, 11) is 0. The van der Waals surface area contributed by atoms with E-state index in [1.54, 1.807) is 24.3 Å². The maximum atomic E-state index is 13.9. The van der Waals surface area contributed by atoms with Gasteiger partial charge in [-0.25, -0.2) is 8.78 Å². The summed E-state index contributed by atoms with van der Waals surface area (Å²) in [6.07, 6.45) is 0. The van der Waals surface area contributed by atoms with Crippen LogP contribution in [0.25, 0.3) is 43.5 Å². The van der Waals surface area contributed by atoms with E-state index in [2.05, 4.69) is 94.7 Å². The standard InChI is InChI=1S/C44H28F2N2O/c45-33-13-19-37(20-14-33)47(35-7-3-1-4-8-35)39-17-11-29-27-43-41(25-31(29)23-39)42-26-32-24-40(18-12-30(32)28-44(42)49-43)48(36-9-5-2-6-10-36)38-21-15-34(46)16-22-38/h1-28H. The molecule has 0 unspecified atom stereocenters. The number of halogens is 2. The average molecular weight is 639 g/mol. The zero-order valence-electron chi connectivity index (χ0n) is 26.2. The Morgan fingerprint density at radius 2 is 0.694 bits per heavy atom. The third-order valence-corrected chi connectivity index (χ3v) is 9.07. The van der Waals surface area contributed by atoms with E-state index in [1.165, 1.54) is 24.3 Å². The van der Waals surface area contributed by atoms with Crippen LogP contribution in [0.15, 0.2) is 174 Å². The molecule has 0 bridgehead atoms. The zero-order valence-corrected chi connectivity index (χ0v) is 26.2. The summed E-state index contributed by atoms with van der Waals surface area (Å²) < 4.78 is 34.2. The highest BCUT2D eigenvalue weighted by molar-refractivity contribution is 6.14. The first kappa shape index (κ1) is 28.7. The maximum Gasteiger partial charge on any atom is 0.136 e. The molecule has 1 aromatic heterocycles. The second-order valence-corrected chi connectivity index (χ2v) is 12.2. The molecule has 9 aromatic rings. The molecule has 1 heterocycles. The summed E-state index contributed by atoms with van der Waals surface area (Å²) in [5, 5.41) is 6.31. The Hall–Kier alpha value is -6.46. The lowest BCUT2D eigenvalue weighted by atomic mass is 10.0. The van der Waals surface area contributed by atoms with Crippen LogP contribution in [0.1, 0.15) is 0 Å². The molecule has 0 atom stereocenters. The molecule has 0 saturated heterocycles. The van der Waals surface area contributed by atoms with E-state index in [0.717, 1.165) is 77.6 Å². The molecule has 0 aliphatic heterocycles. The van der Waals surface area contributed by atoms with Crippen molar-refractivity contribution in [3.63, 3.8) is 0 Å². The number of fused-ring (bicyclic) bond motifs is 5. The van der Waals surface area contributed by atoms with Crippen LogP contribution < -0.4 is 9.80 Å². The molecule has 8 aromatic carbocycles. The van der Waals surface area contributed by atoms with Crippen molar-refractivity contribution < 1.29 is 13.2 Å². The first-order valence-electron chi connectivity index (χ1n) is 16.1. The third-order valence-electron chi connectivity index (χ3n) is 9.07. The lowest BCUT2D eigenvalue weighted by molar-refractivity contribution is 0.627. The van der Waals surface area contributed by atoms with Gasteiger partial charge in [0.05, 0.1) is 0 Å². The van der Waals surface area contributed by atoms with Crippen LogP contribution in [0.3, 0.4) is 0 Å². The molecule has 0 aliphatic carbocycles. The first-order valence-corrected chi connectivity index (χ1v) is 16.1. The van der Waals surface area contributed by atoms with Crippen molar-refractivity contribution in [1.29, 1.82) is 0 Å². The van der Waals surface area contributed by atoms with Gasteiger partial charge in [0.15, 0.2) is 0 Å². The van der Waals surface area contributed by atoms with Crippen LogP contribution in [0.5, 0.6) is 0 Å². The van der Waals surface area contributed by atoms with Gasteiger partial charge in [0.25, 0.3) is 0 Å². The molecule has 0 amide bonds. The Kier molecular flexibility index (Phi) is 6.83. The summed E-state index contributed by atoms with van der Waals surface area (Å²) in [6, 6.07) is 54.6. The molecule has 234 valence electrons. The smallest absolute Gasteiger partial charge is 0.136 e. The van der Waals surface area contributed by atoms with Gasteiger partial charge in [0.1, 0.15) is 22.8 Å². The van der Waals surface area contributed by atoms with Gasteiger partial charge >= 0.3 is 0 Å². The van der Waals surface area contributed by atoms with Gasteiger partial charge in [-0.2, -0.15) is 0 Å². The van der Waals surface area contributed by atoms with Gasteiger partial charge in [-0.05, 0) is 143 Å². The number of anilines is 6. The van der Waals surface area contributed by atoms with Crippen LogP contribution in [0, 0.1) is 11.6 Å². The van der Waals surface area contributed by atoms with Gasteiger partial charge in [0, 0.05) is 44.9 Å². The summed E-state index contributed by atoms with van der Waals surface area (Å²) in [5.74, 6) is -0.542. The number of para-hydroxylation sites is 2. The van der Waals surface area contributed by atoms with E-state index in [9.17, 15) is 8.78 Å². The Morgan fingerprint density at radius 3 is 1.10 bits per heavy atom. The molecule has 49 heavy (non-hydrogen) atoms. The predicted octanol–water partition coefficient (Wildman–Crippen LogP) is 13.1. The average Bonchev–Trinajstić information content (AvgIpc) is 3.48. The highest BCUT2D eigenvalue weighted by Gasteiger charge is 2.17. The van der Waals surface area contributed by atoms with Crippen molar-refractivity contribution in [3.8, 4) is 0 Å². The fourth-order valence-corrected chi connectivity index (χ4v) is 6.74. The Morgan fingerprint density at radius 1 is 0.327 bits per heavy atom. The molecular weight excluding hydrogens is 610 g/mol. The summed E-state index contributed by atoms with van der Waals surface area (Å²) in [6.45, 7) is 0. The number of nitrogens with zero attached hydrogens (tertiary/aromatic N) is 2. The summed E-state index contributed by atoms with van der Waals surface area (Å²) >= 11 is 0. The van der Waals surface area contributed by atoms with Crippen molar-refractivity contribution in [3.05, 3.63) is 181 Å². The highest BCUT2D eigenvalue weighted by atomic mass is 19.1. The van der Waals surface area contributed by atoms with Gasteiger partial charge in [-0.1, -0.05) is 48.5 Å². The fourth-order valence-electron chi connectivity index (χ4n) is 6.74. The van der Waals surface area contributed by atoms with E-state index in [0.29, 0.717) is 0 Å². The quantitative estimate of drug-likeness (QED) is 0.181. The second kappa shape index (κ2) is 11.7. The second-order valence-electron chi connectivity index (χ2n) is 12.2. The molecule has 0 saturated carbocycles. The minimum Gasteiger partial charge on any atom is -0.456 e.